The van der Waals surface area contributed by atoms with Crippen molar-refractivity contribution in [3.05, 3.63) is 29.3 Å². The Labute approximate surface area is 111 Å². The number of carboxylic acids is 1. The van der Waals surface area contributed by atoms with Crippen molar-refractivity contribution in [1.82, 2.24) is 0 Å². The third kappa shape index (κ3) is 1.30. The van der Waals surface area contributed by atoms with Gasteiger partial charge in [0.25, 0.3) is 0 Å². The first-order valence-corrected chi connectivity index (χ1v) is 6.79. The molecular formula is C15H17NO3. The molecule has 0 aromatic heterocycles. The summed E-state index contributed by atoms with van der Waals surface area (Å²) in [4.78, 5) is 11.0. The highest BCUT2D eigenvalue weighted by atomic mass is 16.5. The van der Waals surface area contributed by atoms with Gasteiger partial charge in [-0.2, -0.15) is 0 Å². The van der Waals surface area contributed by atoms with Crippen molar-refractivity contribution in [3.8, 4) is 5.75 Å². The first-order valence-electron chi connectivity index (χ1n) is 6.79. The van der Waals surface area contributed by atoms with E-state index in [4.69, 9.17) is 15.6 Å². The first-order chi connectivity index (χ1) is 9.05. The molecule has 3 N–H and O–H groups in total. The number of benzene rings is 1. The number of hydrogen-bond acceptors (Lipinski definition) is 3. The van der Waals surface area contributed by atoms with E-state index in [2.05, 4.69) is 18.2 Å². The highest BCUT2D eigenvalue weighted by Crippen LogP contribution is 2.74. The SMILES string of the molecule is NC(C(=O)O)C12CC(c3ccc4c(c3)CCO4)(C1)C2. The zero-order valence-corrected chi connectivity index (χ0v) is 10.7. The highest BCUT2D eigenvalue weighted by Gasteiger charge is 2.71. The van der Waals surface area contributed by atoms with Crippen LogP contribution in [0.4, 0.5) is 0 Å². The molecule has 1 aromatic carbocycles. The largest absolute Gasteiger partial charge is 0.493 e. The van der Waals surface area contributed by atoms with Gasteiger partial charge in [-0.25, -0.2) is 0 Å². The van der Waals surface area contributed by atoms with Crippen LogP contribution >= 0.6 is 0 Å². The normalized spacial score (nSPS) is 35.6. The number of carbonyl (C=O) groups is 1. The topological polar surface area (TPSA) is 72.6 Å². The number of rotatable bonds is 3. The number of aliphatic carboxylic acids is 1. The lowest BCUT2D eigenvalue weighted by atomic mass is 9.31. The second-order valence-corrected chi connectivity index (χ2v) is 6.41. The predicted molar refractivity (Wildman–Crippen MR) is 69.2 cm³/mol. The third-order valence-electron chi connectivity index (χ3n) is 5.30. The van der Waals surface area contributed by atoms with Crippen LogP contribution in [0.1, 0.15) is 30.4 Å². The van der Waals surface area contributed by atoms with E-state index in [1.807, 2.05) is 0 Å². The van der Waals surface area contributed by atoms with Crippen molar-refractivity contribution in [1.29, 1.82) is 0 Å². The van der Waals surface area contributed by atoms with Gasteiger partial charge in [-0.05, 0) is 47.3 Å². The first kappa shape index (κ1) is 11.3. The number of hydrogen-bond donors (Lipinski definition) is 2. The summed E-state index contributed by atoms with van der Waals surface area (Å²) < 4.78 is 5.52. The summed E-state index contributed by atoms with van der Waals surface area (Å²) in [5, 5.41) is 9.05. The van der Waals surface area contributed by atoms with E-state index in [9.17, 15) is 4.79 Å². The fourth-order valence-corrected chi connectivity index (χ4v) is 4.28. The van der Waals surface area contributed by atoms with Crippen LogP contribution in [0.3, 0.4) is 0 Å². The molecule has 100 valence electrons. The molecule has 2 bridgehead atoms. The van der Waals surface area contributed by atoms with Crippen LogP contribution in [0, 0.1) is 5.41 Å². The summed E-state index contributed by atoms with van der Waals surface area (Å²) in [6.45, 7) is 0.777. The van der Waals surface area contributed by atoms with Gasteiger partial charge in [0.15, 0.2) is 0 Å². The lowest BCUT2D eigenvalue weighted by Crippen LogP contribution is -2.72. The monoisotopic (exact) mass is 259 g/mol. The molecule has 1 aromatic rings. The van der Waals surface area contributed by atoms with E-state index < -0.39 is 12.0 Å². The van der Waals surface area contributed by atoms with E-state index in [-0.39, 0.29) is 10.8 Å². The summed E-state index contributed by atoms with van der Waals surface area (Å²) >= 11 is 0. The van der Waals surface area contributed by atoms with E-state index in [1.54, 1.807) is 0 Å². The molecule has 19 heavy (non-hydrogen) atoms. The zero-order chi connectivity index (χ0) is 13.3. The number of nitrogens with two attached hydrogens (primary N) is 1. The molecule has 0 spiro atoms. The van der Waals surface area contributed by atoms with Gasteiger partial charge in [-0.3, -0.25) is 4.79 Å². The molecular weight excluding hydrogens is 242 g/mol. The Morgan fingerprint density at radius 3 is 2.79 bits per heavy atom. The maximum Gasteiger partial charge on any atom is 0.321 e. The average Bonchev–Trinajstić information content (AvgIpc) is 2.72. The summed E-state index contributed by atoms with van der Waals surface area (Å²) in [6, 6.07) is 5.74. The van der Waals surface area contributed by atoms with Crippen molar-refractivity contribution >= 4 is 5.97 Å². The zero-order valence-electron chi connectivity index (χ0n) is 10.7. The summed E-state index contributed by atoms with van der Waals surface area (Å²) in [5.41, 5.74) is 8.50. The Morgan fingerprint density at radius 1 is 1.37 bits per heavy atom. The Kier molecular flexibility index (Phi) is 1.97. The molecule has 1 atom stereocenters. The maximum atomic E-state index is 11.0. The van der Waals surface area contributed by atoms with Crippen LogP contribution in [-0.4, -0.2) is 23.7 Å². The second-order valence-electron chi connectivity index (χ2n) is 6.41. The molecule has 0 radical (unpaired) electrons. The predicted octanol–water partition coefficient (Wildman–Crippen LogP) is 1.46. The van der Waals surface area contributed by atoms with Gasteiger partial charge in [0.1, 0.15) is 11.8 Å². The van der Waals surface area contributed by atoms with Crippen LogP contribution in [0.15, 0.2) is 18.2 Å². The van der Waals surface area contributed by atoms with Gasteiger partial charge >= 0.3 is 5.97 Å². The minimum Gasteiger partial charge on any atom is -0.493 e. The van der Waals surface area contributed by atoms with Crippen LogP contribution < -0.4 is 10.5 Å². The van der Waals surface area contributed by atoms with Gasteiger partial charge in [0.05, 0.1) is 6.61 Å². The smallest absolute Gasteiger partial charge is 0.321 e. The fourth-order valence-electron chi connectivity index (χ4n) is 4.28. The lowest BCUT2D eigenvalue weighted by molar-refractivity contribution is -0.178. The second kappa shape index (κ2) is 3.31. The molecule has 3 fully saturated rings. The minimum atomic E-state index is -0.865. The highest BCUT2D eigenvalue weighted by molar-refractivity contribution is 5.76. The van der Waals surface area contributed by atoms with Crippen LogP contribution in [0.25, 0.3) is 0 Å². The summed E-state index contributed by atoms with van der Waals surface area (Å²) in [7, 11) is 0. The van der Waals surface area contributed by atoms with Gasteiger partial charge in [0, 0.05) is 6.42 Å². The number of carboxylic acid groups (broad SMARTS) is 1. The van der Waals surface area contributed by atoms with Gasteiger partial charge < -0.3 is 15.6 Å². The molecule has 0 amide bonds. The van der Waals surface area contributed by atoms with Crippen molar-refractivity contribution in [2.24, 2.45) is 11.1 Å². The fraction of sp³-hybridized carbons (Fsp3) is 0.533. The molecule has 3 aliphatic carbocycles. The van der Waals surface area contributed by atoms with E-state index in [1.165, 1.54) is 11.1 Å². The molecule has 3 saturated carbocycles. The molecule has 1 unspecified atom stereocenters. The number of fused-ring (bicyclic) bond motifs is 1. The van der Waals surface area contributed by atoms with Gasteiger partial charge in [-0.1, -0.05) is 12.1 Å². The van der Waals surface area contributed by atoms with Crippen molar-refractivity contribution in [2.45, 2.75) is 37.1 Å². The molecule has 1 heterocycles. The Balaban J connectivity index is 1.57. The summed E-state index contributed by atoms with van der Waals surface area (Å²) in [6.07, 6.45) is 3.76. The minimum absolute atomic E-state index is 0.138. The molecule has 4 heteroatoms. The van der Waals surface area contributed by atoms with E-state index >= 15 is 0 Å². The molecule has 0 saturated heterocycles. The number of ether oxygens (including phenoxy) is 1. The van der Waals surface area contributed by atoms with Gasteiger partial charge in [-0.15, -0.1) is 0 Å². The lowest BCUT2D eigenvalue weighted by Gasteiger charge is -2.72. The molecule has 1 aliphatic heterocycles. The van der Waals surface area contributed by atoms with Crippen molar-refractivity contribution in [2.75, 3.05) is 6.61 Å². The average molecular weight is 259 g/mol. The Hall–Kier alpha value is -1.55. The maximum absolute atomic E-state index is 11.0. The molecule has 4 nitrogen and oxygen atoms in total. The molecule has 5 rings (SSSR count). The molecule has 4 aliphatic rings. The standard InChI is InChI=1S/C15H17NO3/c16-12(13(17)18)15-6-14(7-15,8-15)10-1-2-11-9(5-10)3-4-19-11/h1-2,5,12H,3-4,6-8,16H2,(H,17,18). The quantitative estimate of drug-likeness (QED) is 0.862. The Morgan fingerprint density at radius 2 is 2.11 bits per heavy atom. The van der Waals surface area contributed by atoms with E-state index in [0.29, 0.717) is 0 Å². The van der Waals surface area contributed by atoms with Crippen LogP contribution in [0.5, 0.6) is 5.75 Å². The van der Waals surface area contributed by atoms with Crippen LogP contribution in [0.2, 0.25) is 0 Å². The van der Waals surface area contributed by atoms with Crippen LogP contribution in [-0.2, 0) is 16.6 Å². The van der Waals surface area contributed by atoms with E-state index in [0.717, 1.165) is 38.0 Å². The van der Waals surface area contributed by atoms with Crippen molar-refractivity contribution < 1.29 is 14.6 Å². The third-order valence-corrected chi connectivity index (χ3v) is 5.30. The Bertz CT molecular complexity index is 561. The van der Waals surface area contributed by atoms with Crippen molar-refractivity contribution in [3.63, 3.8) is 0 Å². The van der Waals surface area contributed by atoms with Gasteiger partial charge in [0.2, 0.25) is 0 Å². The summed E-state index contributed by atoms with van der Waals surface area (Å²) in [5.74, 6) is 0.142.